The summed E-state index contributed by atoms with van der Waals surface area (Å²) in [6.45, 7) is 1.58. The second kappa shape index (κ2) is 6.27. The molecular formula is C18H17N3O4. The topological polar surface area (TPSA) is 87.7 Å². The first-order valence-corrected chi connectivity index (χ1v) is 7.63. The molecule has 3 rings (SSSR count). The van der Waals surface area contributed by atoms with Crippen molar-refractivity contribution in [2.75, 3.05) is 7.11 Å². The Balaban J connectivity index is 1.85. The molecule has 7 heteroatoms. The average Bonchev–Trinajstić information content (AvgIpc) is 2.86. The highest BCUT2D eigenvalue weighted by Gasteiger charge is 2.50. The molecule has 128 valence electrons. The zero-order valence-electron chi connectivity index (χ0n) is 13.8. The first-order chi connectivity index (χ1) is 12.0. The second-order valence-corrected chi connectivity index (χ2v) is 5.73. The van der Waals surface area contributed by atoms with Crippen LogP contribution in [-0.2, 0) is 10.3 Å². The number of hydrogen-bond acceptors (Lipinski definition) is 4. The monoisotopic (exact) mass is 339 g/mol. The summed E-state index contributed by atoms with van der Waals surface area (Å²) in [7, 11) is 1.52. The fourth-order valence-electron chi connectivity index (χ4n) is 2.63. The Bertz CT molecular complexity index is 837. The standard InChI is InChI=1S/C18H17N3O4/c1-18(13-9-6-10-14(11-13)25-2)16(23)21(17(24)19-18)20-15(22)12-7-4-3-5-8-12/h3-11H,1-2H3,(H,19,24)(H,20,22)/t18-/m0/s1. The molecule has 1 aliphatic rings. The van der Waals surface area contributed by atoms with Gasteiger partial charge in [0.2, 0.25) is 0 Å². The predicted octanol–water partition coefficient (Wildman–Crippen LogP) is 1.81. The number of imide groups is 1. The molecule has 2 aromatic rings. The Morgan fingerprint density at radius 2 is 1.84 bits per heavy atom. The zero-order chi connectivity index (χ0) is 18.0. The number of carbonyl (C=O) groups excluding carboxylic acids is 3. The average molecular weight is 339 g/mol. The van der Waals surface area contributed by atoms with Crippen LogP contribution >= 0.6 is 0 Å². The lowest BCUT2D eigenvalue weighted by Gasteiger charge is -2.22. The molecule has 0 aromatic heterocycles. The Hall–Kier alpha value is -3.35. The molecule has 0 bridgehead atoms. The number of hydrazine groups is 1. The molecule has 1 heterocycles. The van der Waals surface area contributed by atoms with Gasteiger partial charge in [-0.25, -0.2) is 4.79 Å². The van der Waals surface area contributed by atoms with Gasteiger partial charge in [0, 0.05) is 5.56 Å². The maximum atomic E-state index is 12.8. The molecule has 1 fully saturated rings. The van der Waals surface area contributed by atoms with Crippen molar-refractivity contribution in [1.82, 2.24) is 15.8 Å². The summed E-state index contributed by atoms with van der Waals surface area (Å²) in [5, 5.41) is 3.32. The number of ether oxygens (including phenoxy) is 1. The smallest absolute Gasteiger partial charge is 0.344 e. The maximum Gasteiger partial charge on any atom is 0.344 e. The molecule has 0 saturated carbocycles. The molecule has 0 radical (unpaired) electrons. The number of nitrogens with zero attached hydrogens (tertiary/aromatic N) is 1. The molecule has 0 aliphatic carbocycles. The van der Waals surface area contributed by atoms with Crippen molar-refractivity contribution in [3.8, 4) is 5.75 Å². The van der Waals surface area contributed by atoms with E-state index < -0.39 is 23.4 Å². The van der Waals surface area contributed by atoms with Crippen molar-refractivity contribution in [3.05, 3.63) is 65.7 Å². The first kappa shape index (κ1) is 16.5. The zero-order valence-corrected chi connectivity index (χ0v) is 13.8. The third-order valence-corrected chi connectivity index (χ3v) is 4.09. The third-order valence-electron chi connectivity index (χ3n) is 4.09. The van der Waals surface area contributed by atoms with Gasteiger partial charge in [-0.1, -0.05) is 30.3 Å². The largest absolute Gasteiger partial charge is 0.497 e. The van der Waals surface area contributed by atoms with Gasteiger partial charge in [-0.05, 0) is 36.8 Å². The van der Waals surface area contributed by atoms with Crippen molar-refractivity contribution in [2.45, 2.75) is 12.5 Å². The fraction of sp³-hybridized carbons (Fsp3) is 0.167. The van der Waals surface area contributed by atoms with Crippen molar-refractivity contribution in [3.63, 3.8) is 0 Å². The van der Waals surface area contributed by atoms with Gasteiger partial charge in [0.15, 0.2) is 0 Å². The van der Waals surface area contributed by atoms with Crippen LogP contribution < -0.4 is 15.5 Å². The molecule has 1 saturated heterocycles. The summed E-state index contributed by atoms with van der Waals surface area (Å²) in [5.74, 6) is -0.554. The highest BCUT2D eigenvalue weighted by molar-refractivity contribution is 6.09. The van der Waals surface area contributed by atoms with Crippen molar-refractivity contribution >= 4 is 17.8 Å². The highest BCUT2D eigenvalue weighted by Crippen LogP contribution is 2.30. The molecule has 4 amide bonds. The van der Waals surface area contributed by atoms with Gasteiger partial charge < -0.3 is 10.1 Å². The van der Waals surface area contributed by atoms with Crippen molar-refractivity contribution in [1.29, 1.82) is 0 Å². The molecule has 25 heavy (non-hydrogen) atoms. The van der Waals surface area contributed by atoms with E-state index in [0.29, 0.717) is 21.9 Å². The lowest BCUT2D eigenvalue weighted by atomic mass is 9.92. The van der Waals surface area contributed by atoms with E-state index in [4.69, 9.17) is 4.74 Å². The Labute approximate surface area is 144 Å². The molecular weight excluding hydrogens is 322 g/mol. The number of amides is 4. The van der Waals surface area contributed by atoms with E-state index in [1.165, 1.54) is 7.11 Å². The molecule has 7 nitrogen and oxygen atoms in total. The minimum atomic E-state index is -1.30. The fourth-order valence-corrected chi connectivity index (χ4v) is 2.63. The van der Waals surface area contributed by atoms with E-state index in [0.717, 1.165) is 0 Å². The summed E-state index contributed by atoms with van der Waals surface area (Å²) >= 11 is 0. The number of nitrogens with one attached hydrogen (secondary N) is 2. The van der Waals surface area contributed by atoms with E-state index in [2.05, 4.69) is 10.7 Å². The molecule has 2 aromatic carbocycles. The van der Waals surface area contributed by atoms with Crippen LogP contribution in [0.3, 0.4) is 0 Å². The molecule has 0 spiro atoms. The van der Waals surface area contributed by atoms with Crippen LogP contribution in [0.25, 0.3) is 0 Å². The van der Waals surface area contributed by atoms with Crippen LogP contribution in [0.15, 0.2) is 54.6 Å². The Morgan fingerprint density at radius 1 is 1.12 bits per heavy atom. The van der Waals surface area contributed by atoms with E-state index in [-0.39, 0.29) is 0 Å². The van der Waals surface area contributed by atoms with E-state index in [1.807, 2.05) is 0 Å². The Kier molecular flexibility index (Phi) is 4.14. The quantitative estimate of drug-likeness (QED) is 0.832. The normalized spacial score (nSPS) is 19.5. The van der Waals surface area contributed by atoms with Crippen LogP contribution in [-0.4, -0.2) is 30.0 Å². The number of urea groups is 1. The molecule has 0 unspecified atom stereocenters. The van der Waals surface area contributed by atoms with Crippen molar-refractivity contribution in [2.24, 2.45) is 0 Å². The van der Waals surface area contributed by atoms with Gasteiger partial charge in [0.25, 0.3) is 11.8 Å². The second-order valence-electron chi connectivity index (χ2n) is 5.73. The summed E-state index contributed by atoms with van der Waals surface area (Å²) < 4.78 is 5.16. The highest BCUT2D eigenvalue weighted by atomic mass is 16.5. The van der Waals surface area contributed by atoms with E-state index in [9.17, 15) is 14.4 Å². The van der Waals surface area contributed by atoms with Gasteiger partial charge in [0.05, 0.1) is 7.11 Å². The molecule has 1 atom stereocenters. The third kappa shape index (κ3) is 2.91. The SMILES string of the molecule is COc1cccc([C@]2(C)NC(=O)N(NC(=O)c3ccccc3)C2=O)c1. The number of methoxy groups -OCH3 is 1. The van der Waals surface area contributed by atoms with Crippen LogP contribution in [0.4, 0.5) is 4.79 Å². The van der Waals surface area contributed by atoms with Crippen LogP contribution in [0.1, 0.15) is 22.8 Å². The van der Waals surface area contributed by atoms with Gasteiger partial charge in [-0.3, -0.25) is 15.0 Å². The summed E-state index contributed by atoms with van der Waals surface area (Å²) in [6.07, 6.45) is 0. The van der Waals surface area contributed by atoms with Gasteiger partial charge >= 0.3 is 6.03 Å². The van der Waals surface area contributed by atoms with E-state index >= 15 is 0 Å². The van der Waals surface area contributed by atoms with Crippen molar-refractivity contribution < 1.29 is 19.1 Å². The number of rotatable bonds is 4. The summed E-state index contributed by atoms with van der Waals surface area (Å²) in [6, 6.07) is 14.5. The predicted molar refractivity (Wildman–Crippen MR) is 89.6 cm³/mol. The maximum absolute atomic E-state index is 12.8. The van der Waals surface area contributed by atoms with Gasteiger partial charge in [-0.2, -0.15) is 5.01 Å². The van der Waals surface area contributed by atoms with E-state index in [1.54, 1.807) is 61.5 Å². The van der Waals surface area contributed by atoms with Crippen LogP contribution in [0.2, 0.25) is 0 Å². The van der Waals surface area contributed by atoms with Crippen LogP contribution in [0.5, 0.6) is 5.75 Å². The lowest BCUT2D eigenvalue weighted by molar-refractivity contribution is -0.132. The first-order valence-electron chi connectivity index (χ1n) is 7.63. The molecule has 1 aliphatic heterocycles. The minimum Gasteiger partial charge on any atom is -0.497 e. The molecule has 2 N–H and O–H groups in total. The number of carbonyl (C=O) groups is 3. The lowest BCUT2D eigenvalue weighted by Crippen LogP contribution is -2.47. The summed E-state index contributed by atoms with van der Waals surface area (Å²) in [4.78, 5) is 37.3. The van der Waals surface area contributed by atoms with Gasteiger partial charge in [0.1, 0.15) is 11.3 Å². The van der Waals surface area contributed by atoms with Gasteiger partial charge in [-0.15, -0.1) is 0 Å². The summed E-state index contributed by atoms with van der Waals surface area (Å²) in [5.41, 5.74) is 1.96. The Morgan fingerprint density at radius 3 is 2.52 bits per heavy atom. The van der Waals surface area contributed by atoms with Crippen LogP contribution in [0, 0.1) is 0 Å². The number of benzene rings is 2. The number of hydrogen-bond donors (Lipinski definition) is 2. The minimum absolute atomic E-state index is 0.345.